The molecule has 1 unspecified atom stereocenters. The maximum Gasteiger partial charge on any atom is 0.265 e. The fraction of sp³-hybridized carbons (Fsp3) is 0.217. The van der Waals surface area contributed by atoms with Gasteiger partial charge in [-0.05, 0) is 68.1 Å². The van der Waals surface area contributed by atoms with Crippen LogP contribution in [0.15, 0.2) is 60.0 Å². The van der Waals surface area contributed by atoms with Gasteiger partial charge in [-0.1, -0.05) is 29.8 Å². The number of hydrogen-bond donors (Lipinski definition) is 2. The van der Waals surface area contributed by atoms with E-state index in [0.29, 0.717) is 21.2 Å². The third-order valence-electron chi connectivity index (χ3n) is 4.32. The molecule has 30 heavy (non-hydrogen) atoms. The number of ether oxygens (including phenoxy) is 1. The van der Waals surface area contributed by atoms with Crippen LogP contribution in [0.3, 0.4) is 0 Å². The van der Waals surface area contributed by atoms with Crippen molar-refractivity contribution in [3.8, 4) is 5.75 Å². The fourth-order valence-electron chi connectivity index (χ4n) is 2.82. The molecule has 7 heteroatoms. The molecule has 156 valence electrons. The molecular formula is C23H23ClN2O3S. The van der Waals surface area contributed by atoms with Gasteiger partial charge < -0.3 is 15.4 Å². The Kier molecular flexibility index (Phi) is 7.13. The molecule has 0 saturated carbocycles. The minimum absolute atomic E-state index is 0.104. The van der Waals surface area contributed by atoms with Crippen LogP contribution in [0.2, 0.25) is 5.02 Å². The Hall–Kier alpha value is -2.83. The van der Waals surface area contributed by atoms with E-state index < -0.39 is 0 Å². The predicted octanol–water partition coefficient (Wildman–Crippen LogP) is 5.93. The number of halogens is 1. The minimum atomic E-state index is -0.262. The Morgan fingerprint density at radius 1 is 1.00 bits per heavy atom. The van der Waals surface area contributed by atoms with E-state index in [1.54, 1.807) is 30.3 Å². The summed E-state index contributed by atoms with van der Waals surface area (Å²) >= 11 is 7.54. The maximum atomic E-state index is 12.7. The van der Waals surface area contributed by atoms with E-state index in [4.69, 9.17) is 16.3 Å². The lowest BCUT2D eigenvalue weighted by atomic mass is 10.1. The molecule has 0 fully saturated rings. The second-order valence-corrected chi connectivity index (χ2v) is 8.41. The number of amides is 2. The maximum absolute atomic E-state index is 12.7. The van der Waals surface area contributed by atoms with Gasteiger partial charge in [0.2, 0.25) is 0 Å². The molecule has 3 aromatic rings. The van der Waals surface area contributed by atoms with Crippen molar-refractivity contribution in [2.45, 2.75) is 32.9 Å². The zero-order valence-electron chi connectivity index (χ0n) is 16.9. The SMILES string of the molecule is CC(C)Oc1ccc(C(C)NC(=O)c2ccc(Cl)c(NC(=O)c3cccs3)c2)cc1. The van der Waals surface area contributed by atoms with Crippen molar-refractivity contribution in [3.05, 3.63) is 81.0 Å². The lowest BCUT2D eigenvalue weighted by molar-refractivity contribution is 0.0938. The minimum Gasteiger partial charge on any atom is -0.491 e. The van der Waals surface area contributed by atoms with Gasteiger partial charge >= 0.3 is 0 Å². The van der Waals surface area contributed by atoms with Gasteiger partial charge in [0.15, 0.2) is 0 Å². The van der Waals surface area contributed by atoms with E-state index in [9.17, 15) is 9.59 Å². The topological polar surface area (TPSA) is 67.4 Å². The van der Waals surface area contributed by atoms with E-state index >= 15 is 0 Å². The summed E-state index contributed by atoms with van der Waals surface area (Å²) in [6.07, 6.45) is 0.104. The first-order valence-corrected chi connectivity index (χ1v) is 10.8. The van der Waals surface area contributed by atoms with Gasteiger partial charge in [-0.15, -0.1) is 11.3 Å². The molecule has 0 saturated heterocycles. The van der Waals surface area contributed by atoms with Gasteiger partial charge in [-0.3, -0.25) is 9.59 Å². The van der Waals surface area contributed by atoms with Crippen molar-refractivity contribution in [2.75, 3.05) is 5.32 Å². The highest BCUT2D eigenvalue weighted by Crippen LogP contribution is 2.25. The Balaban J connectivity index is 1.68. The standard InChI is InChI=1S/C23H23ClN2O3S/c1-14(2)29-18-9-6-16(7-10-18)15(3)25-22(27)17-8-11-19(24)20(13-17)26-23(28)21-5-4-12-30-21/h4-15H,1-3H3,(H,25,27)(H,26,28). The number of benzene rings is 2. The molecule has 2 N–H and O–H groups in total. The zero-order chi connectivity index (χ0) is 21.7. The largest absolute Gasteiger partial charge is 0.491 e. The monoisotopic (exact) mass is 442 g/mol. The van der Waals surface area contributed by atoms with Crippen LogP contribution in [0.25, 0.3) is 0 Å². The smallest absolute Gasteiger partial charge is 0.265 e. The van der Waals surface area contributed by atoms with Crippen molar-refractivity contribution in [2.24, 2.45) is 0 Å². The number of nitrogens with one attached hydrogen (secondary N) is 2. The molecule has 0 aliphatic carbocycles. The van der Waals surface area contributed by atoms with E-state index in [-0.39, 0.29) is 24.0 Å². The molecule has 0 bridgehead atoms. The molecule has 1 atom stereocenters. The molecule has 0 aliphatic heterocycles. The first-order valence-electron chi connectivity index (χ1n) is 9.55. The van der Waals surface area contributed by atoms with Crippen LogP contribution in [0.1, 0.15) is 52.4 Å². The second-order valence-electron chi connectivity index (χ2n) is 7.06. The summed E-state index contributed by atoms with van der Waals surface area (Å²) in [5, 5.41) is 7.92. The summed E-state index contributed by atoms with van der Waals surface area (Å²) in [4.78, 5) is 25.6. The third-order valence-corrected chi connectivity index (χ3v) is 5.52. The number of anilines is 1. The first kappa shape index (κ1) is 21.9. The van der Waals surface area contributed by atoms with Crippen LogP contribution >= 0.6 is 22.9 Å². The number of carbonyl (C=O) groups excluding carboxylic acids is 2. The average Bonchev–Trinajstić information content (AvgIpc) is 3.24. The van der Waals surface area contributed by atoms with Crippen LogP contribution in [-0.4, -0.2) is 17.9 Å². The van der Waals surface area contributed by atoms with E-state index in [1.165, 1.54) is 11.3 Å². The summed E-state index contributed by atoms with van der Waals surface area (Å²) < 4.78 is 5.65. The number of rotatable bonds is 7. The van der Waals surface area contributed by atoms with Crippen molar-refractivity contribution in [1.82, 2.24) is 5.32 Å². The summed E-state index contributed by atoms with van der Waals surface area (Å²) in [6.45, 7) is 5.85. The molecule has 1 heterocycles. The van der Waals surface area contributed by atoms with Gasteiger partial charge in [0.25, 0.3) is 11.8 Å². The van der Waals surface area contributed by atoms with Crippen LogP contribution in [0.5, 0.6) is 5.75 Å². The first-order chi connectivity index (χ1) is 14.3. The van der Waals surface area contributed by atoms with Crippen molar-refractivity contribution in [3.63, 3.8) is 0 Å². The Bertz CT molecular complexity index is 1020. The fourth-order valence-corrected chi connectivity index (χ4v) is 3.61. The molecular weight excluding hydrogens is 420 g/mol. The molecule has 2 amide bonds. The Morgan fingerprint density at radius 2 is 1.73 bits per heavy atom. The van der Waals surface area contributed by atoms with Gasteiger partial charge in [-0.25, -0.2) is 0 Å². The van der Waals surface area contributed by atoms with Crippen LogP contribution in [-0.2, 0) is 0 Å². The van der Waals surface area contributed by atoms with E-state index in [2.05, 4.69) is 10.6 Å². The molecule has 0 spiro atoms. The van der Waals surface area contributed by atoms with Crippen molar-refractivity contribution in [1.29, 1.82) is 0 Å². The molecule has 5 nitrogen and oxygen atoms in total. The highest BCUT2D eigenvalue weighted by atomic mass is 35.5. The summed E-state index contributed by atoms with van der Waals surface area (Å²) in [5.74, 6) is 0.269. The normalized spacial score (nSPS) is 11.8. The second kappa shape index (κ2) is 9.78. The lowest BCUT2D eigenvalue weighted by Gasteiger charge is -2.16. The highest BCUT2D eigenvalue weighted by molar-refractivity contribution is 7.12. The Morgan fingerprint density at radius 3 is 2.37 bits per heavy atom. The molecule has 0 aliphatic rings. The molecule has 3 rings (SSSR count). The molecule has 0 radical (unpaired) electrons. The van der Waals surface area contributed by atoms with Crippen LogP contribution < -0.4 is 15.4 Å². The number of carbonyl (C=O) groups is 2. The summed E-state index contributed by atoms with van der Waals surface area (Å²) in [7, 11) is 0. The highest BCUT2D eigenvalue weighted by Gasteiger charge is 2.15. The molecule has 1 aromatic heterocycles. The summed E-state index contributed by atoms with van der Waals surface area (Å²) in [5.41, 5.74) is 1.76. The average molecular weight is 443 g/mol. The van der Waals surface area contributed by atoms with E-state index in [1.807, 2.05) is 50.4 Å². The van der Waals surface area contributed by atoms with Gasteiger partial charge in [0.05, 0.1) is 27.7 Å². The number of hydrogen-bond acceptors (Lipinski definition) is 4. The number of thiophene rings is 1. The quantitative estimate of drug-likeness (QED) is 0.476. The van der Waals surface area contributed by atoms with E-state index in [0.717, 1.165) is 11.3 Å². The zero-order valence-corrected chi connectivity index (χ0v) is 18.5. The van der Waals surface area contributed by atoms with Gasteiger partial charge in [0.1, 0.15) is 5.75 Å². The third kappa shape index (κ3) is 5.62. The van der Waals surface area contributed by atoms with Gasteiger partial charge in [-0.2, -0.15) is 0 Å². The van der Waals surface area contributed by atoms with Crippen molar-refractivity contribution < 1.29 is 14.3 Å². The van der Waals surface area contributed by atoms with Crippen LogP contribution in [0, 0.1) is 0 Å². The summed E-state index contributed by atoms with van der Waals surface area (Å²) in [6, 6.07) is 15.8. The predicted molar refractivity (Wildman–Crippen MR) is 122 cm³/mol. The lowest BCUT2D eigenvalue weighted by Crippen LogP contribution is -2.26. The van der Waals surface area contributed by atoms with Crippen LogP contribution in [0.4, 0.5) is 5.69 Å². The Labute approximate surface area is 185 Å². The molecule has 2 aromatic carbocycles. The van der Waals surface area contributed by atoms with Gasteiger partial charge in [0, 0.05) is 5.56 Å². The van der Waals surface area contributed by atoms with Crippen molar-refractivity contribution >= 4 is 40.4 Å².